The quantitative estimate of drug-likeness (QED) is 0.353. The lowest BCUT2D eigenvalue weighted by molar-refractivity contribution is -0.137. The first-order valence-corrected chi connectivity index (χ1v) is 10.7. The molecule has 0 saturated carbocycles. The Morgan fingerprint density at radius 3 is 2.57 bits per heavy atom. The van der Waals surface area contributed by atoms with E-state index in [1.54, 1.807) is 0 Å². The highest BCUT2D eigenvalue weighted by Crippen LogP contribution is 2.35. The Balaban J connectivity index is 1.43. The number of hydrogen-bond acceptors (Lipinski definition) is 6. The van der Waals surface area contributed by atoms with E-state index in [1.807, 2.05) is 0 Å². The maximum absolute atomic E-state index is 15.0. The van der Waals surface area contributed by atoms with E-state index in [2.05, 4.69) is 25.4 Å². The maximum atomic E-state index is 15.0. The molecule has 1 saturated heterocycles. The van der Waals surface area contributed by atoms with Gasteiger partial charge in [-0.05, 0) is 30.3 Å². The van der Waals surface area contributed by atoms with E-state index in [0.29, 0.717) is 12.1 Å². The molecule has 1 atom stereocenters. The fourth-order valence-corrected chi connectivity index (χ4v) is 4.03. The molecular formula is C22H16F5N7O3. The molecule has 1 aliphatic heterocycles. The molecule has 0 radical (unpaired) electrons. The SMILES string of the molecule is O=C(NC1CN(c2cc(-c3c[nH]c(=O)[nH]c3=O)nn3ccnc23)CC1(F)F)c1ccc(C(F)(F)F)cc1. The van der Waals surface area contributed by atoms with Gasteiger partial charge >= 0.3 is 11.9 Å². The highest BCUT2D eigenvalue weighted by atomic mass is 19.4. The molecule has 4 aromatic rings. The van der Waals surface area contributed by atoms with Crippen LogP contribution in [0.15, 0.2) is 58.5 Å². The lowest BCUT2D eigenvalue weighted by Gasteiger charge is -2.19. The lowest BCUT2D eigenvalue weighted by atomic mass is 10.1. The summed E-state index contributed by atoms with van der Waals surface area (Å²) in [6.45, 7) is -1.19. The number of aromatic amines is 2. The zero-order valence-electron chi connectivity index (χ0n) is 18.5. The van der Waals surface area contributed by atoms with Crippen LogP contribution >= 0.6 is 0 Å². The second-order valence-electron chi connectivity index (χ2n) is 8.34. The summed E-state index contributed by atoms with van der Waals surface area (Å²) in [6.07, 6.45) is -0.637. The number of fused-ring (bicyclic) bond motifs is 1. The summed E-state index contributed by atoms with van der Waals surface area (Å²) < 4.78 is 69.5. The highest BCUT2D eigenvalue weighted by Gasteiger charge is 2.49. The Morgan fingerprint density at radius 2 is 1.89 bits per heavy atom. The van der Waals surface area contributed by atoms with Crippen LogP contribution in [0.4, 0.5) is 27.6 Å². The van der Waals surface area contributed by atoms with Crippen molar-refractivity contribution >= 4 is 17.2 Å². The number of anilines is 1. The number of H-pyrrole nitrogens is 2. The van der Waals surface area contributed by atoms with Gasteiger partial charge in [-0.15, -0.1) is 0 Å². The van der Waals surface area contributed by atoms with Crippen molar-refractivity contribution in [1.29, 1.82) is 0 Å². The summed E-state index contributed by atoms with van der Waals surface area (Å²) in [7, 11) is 0. The molecule has 0 aliphatic carbocycles. The van der Waals surface area contributed by atoms with Crippen molar-refractivity contribution < 1.29 is 26.7 Å². The normalized spacial score (nSPS) is 17.3. The predicted molar refractivity (Wildman–Crippen MR) is 120 cm³/mol. The van der Waals surface area contributed by atoms with Crippen LogP contribution in [0.5, 0.6) is 0 Å². The number of imidazole rings is 1. The number of nitrogens with zero attached hydrogens (tertiary/aromatic N) is 4. The minimum Gasteiger partial charge on any atom is -0.360 e. The fourth-order valence-electron chi connectivity index (χ4n) is 4.03. The first kappa shape index (κ1) is 24.1. The average Bonchev–Trinajstić information content (AvgIpc) is 3.41. The van der Waals surface area contributed by atoms with Crippen molar-refractivity contribution in [1.82, 2.24) is 29.9 Å². The lowest BCUT2D eigenvalue weighted by Crippen LogP contribution is -2.46. The molecule has 1 aliphatic rings. The van der Waals surface area contributed by atoms with Crippen molar-refractivity contribution in [3.05, 3.63) is 80.9 Å². The summed E-state index contributed by atoms with van der Waals surface area (Å²) in [5, 5.41) is 6.44. The van der Waals surface area contributed by atoms with E-state index in [4.69, 9.17) is 0 Å². The van der Waals surface area contributed by atoms with Gasteiger partial charge in [-0.2, -0.15) is 18.3 Å². The largest absolute Gasteiger partial charge is 0.416 e. The summed E-state index contributed by atoms with van der Waals surface area (Å²) in [5.74, 6) is -4.37. The van der Waals surface area contributed by atoms with Gasteiger partial charge < -0.3 is 15.2 Å². The number of halogens is 5. The number of amides is 1. The van der Waals surface area contributed by atoms with E-state index < -0.39 is 47.4 Å². The van der Waals surface area contributed by atoms with Crippen LogP contribution in [-0.2, 0) is 6.18 Å². The molecule has 3 aromatic heterocycles. The summed E-state index contributed by atoms with van der Waals surface area (Å²) >= 11 is 0. The molecule has 4 heterocycles. The van der Waals surface area contributed by atoms with E-state index >= 15 is 0 Å². The molecule has 1 unspecified atom stereocenters. The number of benzene rings is 1. The molecule has 0 spiro atoms. The molecule has 37 heavy (non-hydrogen) atoms. The van der Waals surface area contributed by atoms with Gasteiger partial charge in [-0.25, -0.2) is 23.1 Å². The third-order valence-electron chi connectivity index (χ3n) is 5.87. The molecule has 15 heteroatoms. The minimum absolute atomic E-state index is 0.0189. The van der Waals surface area contributed by atoms with Gasteiger partial charge in [-0.1, -0.05) is 0 Å². The standard InChI is InChI=1S/C22H16F5N7O3/c23-21(24)10-33(9-16(21)30-18(35)11-1-3-12(4-2-11)22(25,26)27)15-7-14(32-34-6-5-28-17(15)34)13-8-29-20(37)31-19(13)36/h1-8,16H,9-10H2,(H,30,35)(H2,29,31,36,37). The van der Waals surface area contributed by atoms with E-state index in [9.17, 15) is 36.3 Å². The van der Waals surface area contributed by atoms with Crippen molar-refractivity contribution in [3.8, 4) is 11.3 Å². The summed E-state index contributed by atoms with van der Waals surface area (Å²) in [6, 6.07) is 2.90. The zero-order valence-corrected chi connectivity index (χ0v) is 18.5. The third kappa shape index (κ3) is 4.54. The maximum Gasteiger partial charge on any atom is 0.416 e. The number of hydrogen-bond donors (Lipinski definition) is 3. The fraction of sp³-hybridized carbons (Fsp3) is 0.227. The van der Waals surface area contributed by atoms with Crippen LogP contribution < -0.4 is 21.5 Å². The topological polar surface area (TPSA) is 128 Å². The second kappa shape index (κ2) is 8.53. The monoisotopic (exact) mass is 521 g/mol. The van der Waals surface area contributed by atoms with Crippen LogP contribution in [0.25, 0.3) is 16.9 Å². The molecule has 3 N–H and O–H groups in total. The van der Waals surface area contributed by atoms with E-state index in [-0.39, 0.29) is 34.7 Å². The average molecular weight is 521 g/mol. The Morgan fingerprint density at radius 1 is 1.16 bits per heavy atom. The Labute approximate surface area is 202 Å². The van der Waals surface area contributed by atoms with E-state index in [1.165, 1.54) is 27.9 Å². The number of aromatic nitrogens is 5. The van der Waals surface area contributed by atoms with Crippen LogP contribution in [-0.4, -0.2) is 55.5 Å². The number of rotatable bonds is 4. The van der Waals surface area contributed by atoms with Gasteiger partial charge in [0.2, 0.25) is 0 Å². The Kier molecular flexibility index (Phi) is 5.57. The van der Waals surface area contributed by atoms with Gasteiger partial charge in [0.25, 0.3) is 17.4 Å². The molecule has 10 nitrogen and oxygen atoms in total. The molecule has 1 aromatic carbocycles. The number of carbonyl (C=O) groups is 1. The van der Waals surface area contributed by atoms with Crippen molar-refractivity contribution in [3.63, 3.8) is 0 Å². The van der Waals surface area contributed by atoms with Crippen molar-refractivity contribution in [2.45, 2.75) is 18.1 Å². The van der Waals surface area contributed by atoms with E-state index in [0.717, 1.165) is 18.3 Å². The molecule has 0 bridgehead atoms. The number of alkyl halides is 5. The van der Waals surface area contributed by atoms with Gasteiger partial charge in [0.15, 0.2) is 5.65 Å². The predicted octanol–water partition coefficient (Wildman–Crippen LogP) is 2.05. The Bertz CT molecular complexity index is 1610. The Hall–Kier alpha value is -4.56. The first-order valence-electron chi connectivity index (χ1n) is 10.7. The van der Waals surface area contributed by atoms with Crippen LogP contribution in [0, 0.1) is 0 Å². The number of nitrogens with one attached hydrogen (secondary N) is 3. The zero-order chi connectivity index (χ0) is 26.5. The van der Waals surface area contributed by atoms with Crippen molar-refractivity contribution in [2.75, 3.05) is 18.0 Å². The second-order valence-corrected chi connectivity index (χ2v) is 8.34. The molecule has 1 amide bonds. The van der Waals surface area contributed by atoms with Crippen LogP contribution in [0.3, 0.4) is 0 Å². The van der Waals surface area contributed by atoms with Gasteiger partial charge in [0, 0.05) is 30.7 Å². The molecule has 1 fully saturated rings. The molecular weight excluding hydrogens is 505 g/mol. The number of carbonyl (C=O) groups excluding carboxylic acids is 1. The highest BCUT2D eigenvalue weighted by molar-refractivity contribution is 5.94. The third-order valence-corrected chi connectivity index (χ3v) is 5.87. The van der Waals surface area contributed by atoms with Crippen LogP contribution in [0.1, 0.15) is 15.9 Å². The van der Waals surface area contributed by atoms with Gasteiger partial charge in [-0.3, -0.25) is 14.6 Å². The smallest absolute Gasteiger partial charge is 0.360 e. The summed E-state index contributed by atoms with van der Waals surface area (Å²) in [4.78, 5) is 45.9. The first-order chi connectivity index (χ1) is 17.4. The summed E-state index contributed by atoms with van der Waals surface area (Å²) in [5.41, 5.74) is -2.21. The minimum atomic E-state index is -4.60. The molecule has 5 rings (SSSR count). The van der Waals surface area contributed by atoms with Gasteiger partial charge in [0.1, 0.15) is 11.7 Å². The van der Waals surface area contributed by atoms with Gasteiger partial charge in [0.05, 0.1) is 23.4 Å². The molecule has 192 valence electrons. The van der Waals surface area contributed by atoms with Crippen LogP contribution in [0.2, 0.25) is 0 Å². The van der Waals surface area contributed by atoms with Crippen molar-refractivity contribution in [2.24, 2.45) is 0 Å².